The number of aliphatic hydroxyl groups excluding tert-OH is 4. The van der Waals surface area contributed by atoms with Gasteiger partial charge in [0.25, 0.3) is 0 Å². The Morgan fingerprint density at radius 3 is 2.15 bits per heavy atom. The van der Waals surface area contributed by atoms with Gasteiger partial charge in [0.15, 0.2) is 12.4 Å². The molecule has 0 aromatic carbocycles. The SMILES string of the molecule is O=C(O)C[C@H](OC1OC(CO)C(O)C(O)C1O)C(=O)O. The highest BCUT2D eigenvalue weighted by atomic mass is 16.7. The second kappa shape index (κ2) is 6.92. The molecule has 1 aliphatic rings. The Bertz CT molecular complexity index is 356. The molecule has 1 fully saturated rings. The Hall–Kier alpha value is -1.30. The summed E-state index contributed by atoms with van der Waals surface area (Å²) in [5.74, 6) is -3.04. The molecule has 0 aromatic heterocycles. The molecule has 0 amide bonds. The molecule has 0 aromatic rings. The highest BCUT2D eigenvalue weighted by molar-refractivity contribution is 5.79. The summed E-state index contributed by atoms with van der Waals surface area (Å²) in [4.78, 5) is 21.3. The van der Waals surface area contributed by atoms with E-state index in [1.54, 1.807) is 0 Å². The van der Waals surface area contributed by atoms with Crippen LogP contribution in [0.15, 0.2) is 0 Å². The second-order valence-electron chi connectivity index (χ2n) is 4.26. The van der Waals surface area contributed by atoms with E-state index in [2.05, 4.69) is 0 Å². The van der Waals surface area contributed by atoms with Crippen LogP contribution in [-0.4, -0.2) is 86.0 Å². The predicted molar refractivity (Wildman–Crippen MR) is 58.5 cm³/mol. The van der Waals surface area contributed by atoms with Crippen molar-refractivity contribution in [2.24, 2.45) is 0 Å². The first-order valence-electron chi connectivity index (χ1n) is 5.68. The van der Waals surface area contributed by atoms with Gasteiger partial charge >= 0.3 is 11.9 Å². The molecule has 0 radical (unpaired) electrons. The van der Waals surface area contributed by atoms with Crippen molar-refractivity contribution in [3.63, 3.8) is 0 Å². The van der Waals surface area contributed by atoms with Crippen LogP contribution in [0.3, 0.4) is 0 Å². The number of rotatable bonds is 6. The van der Waals surface area contributed by atoms with Crippen molar-refractivity contribution in [2.45, 2.75) is 43.2 Å². The summed E-state index contributed by atoms with van der Waals surface area (Å²) >= 11 is 0. The summed E-state index contributed by atoms with van der Waals surface area (Å²) in [6, 6.07) is 0. The van der Waals surface area contributed by atoms with Crippen molar-refractivity contribution in [3.05, 3.63) is 0 Å². The number of aliphatic carboxylic acids is 2. The molecule has 1 aliphatic heterocycles. The molecular formula is C10H16O10. The maximum atomic E-state index is 10.8. The van der Waals surface area contributed by atoms with Gasteiger partial charge in [-0.05, 0) is 0 Å². The van der Waals surface area contributed by atoms with Gasteiger partial charge in [0.2, 0.25) is 0 Å². The lowest BCUT2D eigenvalue weighted by Gasteiger charge is -2.40. The van der Waals surface area contributed by atoms with Gasteiger partial charge in [0, 0.05) is 0 Å². The van der Waals surface area contributed by atoms with Crippen molar-refractivity contribution in [3.8, 4) is 0 Å². The number of carbonyl (C=O) groups is 2. The maximum absolute atomic E-state index is 10.8. The van der Waals surface area contributed by atoms with E-state index in [-0.39, 0.29) is 0 Å². The number of ether oxygens (including phenoxy) is 2. The summed E-state index contributed by atoms with van der Waals surface area (Å²) in [7, 11) is 0. The lowest BCUT2D eigenvalue weighted by Crippen LogP contribution is -2.60. The van der Waals surface area contributed by atoms with E-state index in [1.807, 2.05) is 0 Å². The Kier molecular flexibility index (Phi) is 5.80. The minimum atomic E-state index is -1.81. The fourth-order valence-electron chi connectivity index (χ4n) is 1.69. The van der Waals surface area contributed by atoms with Crippen LogP contribution in [0, 0.1) is 0 Å². The predicted octanol–water partition coefficient (Wildman–Crippen LogP) is -3.27. The van der Waals surface area contributed by atoms with Gasteiger partial charge in [0.05, 0.1) is 13.0 Å². The van der Waals surface area contributed by atoms with Gasteiger partial charge in [-0.3, -0.25) is 4.79 Å². The number of hydrogen-bond donors (Lipinski definition) is 6. The van der Waals surface area contributed by atoms with Crippen molar-refractivity contribution in [2.75, 3.05) is 6.61 Å². The number of hydrogen-bond acceptors (Lipinski definition) is 8. The van der Waals surface area contributed by atoms with Gasteiger partial charge < -0.3 is 40.1 Å². The van der Waals surface area contributed by atoms with E-state index in [0.29, 0.717) is 0 Å². The molecule has 1 heterocycles. The number of aliphatic hydroxyl groups is 4. The van der Waals surface area contributed by atoms with Crippen LogP contribution < -0.4 is 0 Å². The number of carboxylic acids is 2. The topological polar surface area (TPSA) is 174 Å². The summed E-state index contributed by atoms with van der Waals surface area (Å²) in [6.45, 7) is -0.707. The van der Waals surface area contributed by atoms with Crippen molar-refractivity contribution < 1.29 is 49.7 Å². The minimum absolute atomic E-state index is 0.707. The lowest BCUT2D eigenvalue weighted by molar-refractivity contribution is -0.310. The Balaban J connectivity index is 2.77. The van der Waals surface area contributed by atoms with E-state index >= 15 is 0 Å². The average molecular weight is 296 g/mol. The van der Waals surface area contributed by atoms with Gasteiger partial charge in [-0.25, -0.2) is 4.79 Å². The third kappa shape index (κ3) is 3.85. The smallest absolute Gasteiger partial charge is 0.333 e. The molecule has 0 spiro atoms. The van der Waals surface area contributed by atoms with E-state index in [9.17, 15) is 24.9 Å². The van der Waals surface area contributed by atoms with E-state index in [4.69, 9.17) is 24.8 Å². The maximum Gasteiger partial charge on any atom is 0.333 e. The van der Waals surface area contributed by atoms with Gasteiger partial charge in [-0.1, -0.05) is 0 Å². The molecule has 0 bridgehead atoms. The third-order valence-corrected chi connectivity index (χ3v) is 2.78. The lowest BCUT2D eigenvalue weighted by atomic mass is 9.99. The molecule has 116 valence electrons. The molecule has 0 aliphatic carbocycles. The third-order valence-electron chi connectivity index (χ3n) is 2.78. The highest BCUT2D eigenvalue weighted by Gasteiger charge is 2.45. The van der Waals surface area contributed by atoms with E-state index < -0.39 is 61.8 Å². The van der Waals surface area contributed by atoms with Crippen LogP contribution in [0.4, 0.5) is 0 Å². The summed E-state index contributed by atoms with van der Waals surface area (Å²) in [5.41, 5.74) is 0. The van der Waals surface area contributed by atoms with Crippen molar-refractivity contribution >= 4 is 11.9 Å². The van der Waals surface area contributed by atoms with Crippen LogP contribution in [0.1, 0.15) is 6.42 Å². The Labute approximate surface area is 112 Å². The first-order valence-corrected chi connectivity index (χ1v) is 5.68. The molecule has 6 N–H and O–H groups in total. The van der Waals surface area contributed by atoms with E-state index in [0.717, 1.165) is 0 Å². The quantitative estimate of drug-likeness (QED) is 0.292. The van der Waals surface area contributed by atoms with Crippen LogP contribution in [0.25, 0.3) is 0 Å². The first-order chi connectivity index (χ1) is 9.27. The van der Waals surface area contributed by atoms with Crippen LogP contribution in [0.2, 0.25) is 0 Å². The van der Waals surface area contributed by atoms with Crippen molar-refractivity contribution in [1.29, 1.82) is 0 Å². The highest BCUT2D eigenvalue weighted by Crippen LogP contribution is 2.23. The molecule has 10 nitrogen and oxygen atoms in total. The molecule has 1 rings (SSSR count). The summed E-state index contributed by atoms with van der Waals surface area (Å²) in [6.07, 6.45) is -10.8. The van der Waals surface area contributed by atoms with E-state index in [1.165, 1.54) is 0 Å². The Morgan fingerprint density at radius 2 is 1.70 bits per heavy atom. The Morgan fingerprint density at radius 1 is 1.10 bits per heavy atom. The summed E-state index contributed by atoms with van der Waals surface area (Å²) < 4.78 is 9.70. The van der Waals surface area contributed by atoms with Crippen LogP contribution in [-0.2, 0) is 19.1 Å². The zero-order valence-electron chi connectivity index (χ0n) is 10.2. The fourth-order valence-corrected chi connectivity index (χ4v) is 1.69. The van der Waals surface area contributed by atoms with Gasteiger partial charge in [-0.15, -0.1) is 0 Å². The van der Waals surface area contributed by atoms with Gasteiger partial charge in [0.1, 0.15) is 24.4 Å². The standard InChI is InChI=1S/C10H16O10/c11-2-4-6(14)7(15)8(16)10(20-4)19-3(9(17)18)1-5(12)13/h3-4,6-8,10-11,14-16H,1-2H2,(H,12,13)(H,17,18)/t3-,4?,6?,7?,8?,10?/m0/s1. The monoisotopic (exact) mass is 296 g/mol. The zero-order chi connectivity index (χ0) is 15.4. The molecule has 10 heteroatoms. The normalized spacial score (nSPS) is 35.5. The summed E-state index contributed by atoms with van der Waals surface area (Å²) in [5, 5.41) is 54.8. The fraction of sp³-hybridized carbons (Fsp3) is 0.800. The van der Waals surface area contributed by atoms with Crippen LogP contribution >= 0.6 is 0 Å². The largest absolute Gasteiger partial charge is 0.481 e. The molecule has 6 atom stereocenters. The first kappa shape index (κ1) is 16.8. The number of carboxylic acid groups (broad SMARTS) is 2. The zero-order valence-corrected chi connectivity index (χ0v) is 10.2. The molecule has 5 unspecified atom stereocenters. The molecule has 20 heavy (non-hydrogen) atoms. The second-order valence-corrected chi connectivity index (χ2v) is 4.26. The molecular weight excluding hydrogens is 280 g/mol. The van der Waals surface area contributed by atoms with Gasteiger partial charge in [-0.2, -0.15) is 0 Å². The average Bonchev–Trinajstić information content (AvgIpc) is 2.37. The van der Waals surface area contributed by atoms with Crippen LogP contribution in [0.5, 0.6) is 0 Å². The minimum Gasteiger partial charge on any atom is -0.481 e. The van der Waals surface area contributed by atoms with Crippen molar-refractivity contribution in [1.82, 2.24) is 0 Å². The molecule has 1 saturated heterocycles. The molecule has 0 saturated carbocycles.